The molecule has 1 aliphatic rings. The number of rotatable bonds is 4. The standard InChI is InChI=1S/C10H20N4O2/c1-11-6-8-4-3-5-14(8)7-9(15)13-10(16)12-2/h8,11H,3-7H2,1-2H3,(H2,12,13,15,16). The van der Waals surface area contributed by atoms with E-state index in [0.717, 1.165) is 25.9 Å². The number of urea groups is 1. The molecule has 0 aliphatic carbocycles. The molecule has 1 heterocycles. The topological polar surface area (TPSA) is 73.5 Å². The van der Waals surface area contributed by atoms with Crippen LogP contribution in [0.4, 0.5) is 4.79 Å². The molecule has 6 nitrogen and oxygen atoms in total. The lowest BCUT2D eigenvalue weighted by Crippen LogP contribution is -2.46. The Morgan fingerprint density at radius 1 is 1.38 bits per heavy atom. The Morgan fingerprint density at radius 3 is 2.75 bits per heavy atom. The van der Waals surface area contributed by atoms with Gasteiger partial charge in [-0.05, 0) is 26.4 Å². The van der Waals surface area contributed by atoms with Crippen LogP contribution in [-0.2, 0) is 4.79 Å². The number of carbonyl (C=O) groups is 2. The van der Waals surface area contributed by atoms with E-state index in [1.165, 1.54) is 7.05 Å². The molecule has 1 rings (SSSR count). The van der Waals surface area contributed by atoms with E-state index in [4.69, 9.17) is 0 Å². The summed E-state index contributed by atoms with van der Waals surface area (Å²) < 4.78 is 0. The molecule has 92 valence electrons. The zero-order valence-corrected chi connectivity index (χ0v) is 9.88. The Morgan fingerprint density at radius 2 is 2.12 bits per heavy atom. The van der Waals surface area contributed by atoms with Crippen molar-refractivity contribution >= 4 is 11.9 Å². The van der Waals surface area contributed by atoms with Gasteiger partial charge in [0.05, 0.1) is 6.54 Å². The molecule has 16 heavy (non-hydrogen) atoms. The van der Waals surface area contributed by atoms with Gasteiger partial charge < -0.3 is 10.6 Å². The smallest absolute Gasteiger partial charge is 0.321 e. The van der Waals surface area contributed by atoms with Gasteiger partial charge in [-0.3, -0.25) is 15.0 Å². The predicted molar refractivity (Wildman–Crippen MR) is 61.1 cm³/mol. The zero-order chi connectivity index (χ0) is 12.0. The average molecular weight is 228 g/mol. The summed E-state index contributed by atoms with van der Waals surface area (Å²) >= 11 is 0. The third-order valence-corrected chi connectivity index (χ3v) is 2.77. The lowest BCUT2D eigenvalue weighted by atomic mass is 10.2. The average Bonchev–Trinajstić information content (AvgIpc) is 2.66. The Balaban J connectivity index is 2.35. The maximum atomic E-state index is 11.5. The summed E-state index contributed by atoms with van der Waals surface area (Å²) in [5, 5.41) is 7.74. The van der Waals surface area contributed by atoms with Crippen molar-refractivity contribution < 1.29 is 9.59 Å². The molecule has 0 spiro atoms. The number of nitrogens with one attached hydrogen (secondary N) is 3. The van der Waals surface area contributed by atoms with Crippen molar-refractivity contribution in [1.29, 1.82) is 0 Å². The first kappa shape index (κ1) is 12.9. The molecular formula is C10H20N4O2. The van der Waals surface area contributed by atoms with Crippen molar-refractivity contribution in [3.63, 3.8) is 0 Å². The number of likely N-dealkylation sites (N-methyl/N-ethyl adjacent to an activating group) is 1. The van der Waals surface area contributed by atoms with E-state index >= 15 is 0 Å². The number of nitrogens with zero attached hydrogens (tertiary/aromatic N) is 1. The Kier molecular flexibility index (Phi) is 5.21. The highest BCUT2D eigenvalue weighted by Crippen LogP contribution is 2.15. The zero-order valence-electron chi connectivity index (χ0n) is 9.88. The first-order valence-electron chi connectivity index (χ1n) is 5.57. The van der Waals surface area contributed by atoms with Crippen LogP contribution >= 0.6 is 0 Å². The molecule has 1 saturated heterocycles. The van der Waals surface area contributed by atoms with Crippen LogP contribution in [-0.4, -0.2) is 56.6 Å². The van der Waals surface area contributed by atoms with Crippen molar-refractivity contribution in [2.45, 2.75) is 18.9 Å². The number of amides is 3. The SMILES string of the molecule is CNCC1CCCN1CC(=O)NC(=O)NC. The third-order valence-electron chi connectivity index (χ3n) is 2.77. The maximum Gasteiger partial charge on any atom is 0.321 e. The van der Waals surface area contributed by atoms with E-state index in [-0.39, 0.29) is 5.91 Å². The highest BCUT2D eigenvalue weighted by Gasteiger charge is 2.25. The molecule has 3 N–H and O–H groups in total. The summed E-state index contributed by atoms with van der Waals surface area (Å²) in [7, 11) is 3.39. The van der Waals surface area contributed by atoms with Crippen LogP contribution in [0.15, 0.2) is 0 Å². The van der Waals surface area contributed by atoms with E-state index in [2.05, 4.69) is 20.9 Å². The second kappa shape index (κ2) is 6.44. The minimum Gasteiger partial charge on any atom is -0.341 e. The molecule has 0 aromatic carbocycles. The first-order chi connectivity index (χ1) is 7.67. The Bertz CT molecular complexity index is 257. The molecule has 0 bridgehead atoms. The van der Waals surface area contributed by atoms with Crippen molar-refractivity contribution in [1.82, 2.24) is 20.9 Å². The van der Waals surface area contributed by atoms with Crippen LogP contribution in [0.5, 0.6) is 0 Å². The molecule has 3 amide bonds. The molecule has 0 aromatic heterocycles. The summed E-state index contributed by atoms with van der Waals surface area (Å²) in [5.41, 5.74) is 0. The highest BCUT2D eigenvalue weighted by atomic mass is 16.2. The fraction of sp³-hybridized carbons (Fsp3) is 0.800. The van der Waals surface area contributed by atoms with Gasteiger partial charge in [-0.2, -0.15) is 0 Å². The van der Waals surface area contributed by atoms with Crippen molar-refractivity contribution in [3.05, 3.63) is 0 Å². The molecule has 1 aliphatic heterocycles. The monoisotopic (exact) mass is 228 g/mol. The summed E-state index contributed by atoms with van der Waals surface area (Å²) in [5.74, 6) is -0.248. The maximum absolute atomic E-state index is 11.5. The van der Waals surface area contributed by atoms with Crippen LogP contribution in [0.25, 0.3) is 0 Å². The number of hydrogen-bond acceptors (Lipinski definition) is 4. The van der Waals surface area contributed by atoms with E-state index in [1.807, 2.05) is 7.05 Å². The number of hydrogen-bond donors (Lipinski definition) is 3. The van der Waals surface area contributed by atoms with Crippen molar-refractivity contribution in [2.75, 3.05) is 33.7 Å². The van der Waals surface area contributed by atoms with Crippen LogP contribution < -0.4 is 16.0 Å². The van der Waals surface area contributed by atoms with Crippen molar-refractivity contribution in [3.8, 4) is 0 Å². The first-order valence-corrected chi connectivity index (χ1v) is 5.57. The van der Waals surface area contributed by atoms with Crippen LogP contribution in [0.2, 0.25) is 0 Å². The normalized spacial score (nSPS) is 20.8. The van der Waals surface area contributed by atoms with E-state index in [0.29, 0.717) is 12.6 Å². The summed E-state index contributed by atoms with van der Waals surface area (Å²) in [6.45, 7) is 2.10. The molecule has 6 heteroatoms. The lowest BCUT2D eigenvalue weighted by molar-refractivity contribution is -0.121. The molecular weight excluding hydrogens is 208 g/mol. The molecule has 1 atom stereocenters. The van der Waals surface area contributed by atoms with Gasteiger partial charge in [0.2, 0.25) is 5.91 Å². The molecule has 0 aromatic rings. The van der Waals surface area contributed by atoms with Gasteiger partial charge in [-0.1, -0.05) is 0 Å². The quantitative estimate of drug-likeness (QED) is 0.584. The highest BCUT2D eigenvalue weighted by molar-refractivity contribution is 5.95. The second-order valence-electron chi connectivity index (χ2n) is 3.95. The predicted octanol–water partition coefficient (Wildman–Crippen LogP) is -0.874. The fourth-order valence-electron chi connectivity index (χ4n) is 1.98. The molecule has 0 saturated carbocycles. The van der Waals surface area contributed by atoms with E-state index in [9.17, 15) is 9.59 Å². The largest absolute Gasteiger partial charge is 0.341 e. The number of carbonyl (C=O) groups excluding carboxylic acids is 2. The summed E-state index contributed by atoms with van der Waals surface area (Å²) in [4.78, 5) is 24.5. The lowest BCUT2D eigenvalue weighted by Gasteiger charge is -2.23. The number of likely N-dealkylation sites (tertiary alicyclic amines) is 1. The summed E-state index contributed by atoms with van der Waals surface area (Å²) in [6.07, 6.45) is 2.22. The minimum absolute atomic E-state index is 0.248. The second-order valence-corrected chi connectivity index (χ2v) is 3.95. The van der Waals surface area contributed by atoms with Gasteiger partial charge in [0.15, 0.2) is 0 Å². The Hall–Kier alpha value is -1.14. The van der Waals surface area contributed by atoms with Crippen LogP contribution in [0, 0.1) is 0 Å². The fourth-order valence-corrected chi connectivity index (χ4v) is 1.98. The van der Waals surface area contributed by atoms with Gasteiger partial charge in [0.1, 0.15) is 0 Å². The molecule has 1 unspecified atom stereocenters. The van der Waals surface area contributed by atoms with Gasteiger partial charge >= 0.3 is 6.03 Å². The van der Waals surface area contributed by atoms with E-state index in [1.54, 1.807) is 0 Å². The van der Waals surface area contributed by atoms with Crippen LogP contribution in [0.1, 0.15) is 12.8 Å². The molecule has 1 fully saturated rings. The van der Waals surface area contributed by atoms with E-state index < -0.39 is 6.03 Å². The minimum atomic E-state index is -0.450. The van der Waals surface area contributed by atoms with Crippen molar-refractivity contribution in [2.24, 2.45) is 0 Å². The van der Waals surface area contributed by atoms with Gasteiger partial charge in [0, 0.05) is 19.6 Å². The summed E-state index contributed by atoms with van der Waals surface area (Å²) in [6, 6.07) is -0.0465. The van der Waals surface area contributed by atoms with Crippen LogP contribution in [0.3, 0.4) is 0 Å². The number of imide groups is 1. The van der Waals surface area contributed by atoms with Gasteiger partial charge in [0.25, 0.3) is 0 Å². The Labute approximate surface area is 95.8 Å². The third kappa shape index (κ3) is 3.79. The molecule has 0 radical (unpaired) electrons. The van der Waals surface area contributed by atoms with Gasteiger partial charge in [-0.25, -0.2) is 4.79 Å². The van der Waals surface area contributed by atoms with Gasteiger partial charge in [-0.15, -0.1) is 0 Å².